The van der Waals surface area contributed by atoms with Crippen LogP contribution in [0.3, 0.4) is 0 Å². The van der Waals surface area contributed by atoms with E-state index in [1.165, 1.54) is 12.1 Å². The Hall–Kier alpha value is -1.44. The second-order valence-electron chi connectivity index (χ2n) is 5.10. The fourth-order valence-electron chi connectivity index (χ4n) is 2.54. The largest absolute Gasteiger partial charge is 0.480 e. The minimum Gasteiger partial charge on any atom is -0.480 e. The van der Waals surface area contributed by atoms with Crippen molar-refractivity contribution in [2.75, 3.05) is 19.6 Å². The standard InChI is InChI=1S/C14H20N2O4S/c17-14(18)13-8-4-5-10-16(13)11-9-15-21(19,20)12-6-2-1-3-7-12/h1-3,6-7,13,15H,4-5,8-11H2,(H,17,18). The zero-order valence-corrected chi connectivity index (χ0v) is 12.6. The zero-order valence-electron chi connectivity index (χ0n) is 11.7. The number of carbonyl (C=O) groups is 1. The number of rotatable bonds is 6. The van der Waals surface area contributed by atoms with Gasteiger partial charge in [0.15, 0.2) is 0 Å². The van der Waals surface area contributed by atoms with Crippen LogP contribution in [0.15, 0.2) is 35.2 Å². The lowest BCUT2D eigenvalue weighted by molar-refractivity contribution is -0.144. The van der Waals surface area contributed by atoms with Crippen molar-refractivity contribution in [2.24, 2.45) is 0 Å². The molecule has 0 bridgehead atoms. The van der Waals surface area contributed by atoms with Crippen molar-refractivity contribution in [1.82, 2.24) is 9.62 Å². The SMILES string of the molecule is O=C(O)C1CCCCN1CCNS(=O)(=O)c1ccccc1. The van der Waals surface area contributed by atoms with Crippen LogP contribution >= 0.6 is 0 Å². The van der Waals surface area contributed by atoms with Gasteiger partial charge in [0.25, 0.3) is 0 Å². The highest BCUT2D eigenvalue weighted by molar-refractivity contribution is 7.89. The van der Waals surface area contributed by atoms with E-state index < -0.39 is 22.0 Å². The van der Waals surface area contributed by atoms with Gasteiger partial charge in [0.1, 0.15) is 6.04 Å². The maximum absolute atomic E-state index is 12.0. The molecule has 0 amide bonds. The van der Waals surface area contributed by atoms with Crippen LogP contribution in [0.1, 0.15) is 19.3 Å². The van der Waals surface area contributed by atoms with E-state index in [2.05, 4.69) is 4.72 Å². The molecular weight excluding hydrogens is 292 g/mol. The summed E-state index contributed by atoms with van der Waals surface area (Å²) in [6, 6.07) is 7.65. The number of hydrogen-bond donors (Lipinski definition) is 2. The summed E-state index contributed by atoms with van der Waals surface area (Å²) >= 11 is 0. The fraction of sp³-hybridized carbons (Fsp3) is 0.500. The number of benzene rings is 1. The molecule has 116 valence electrons. The molecule has 0 radical (unpaired) electrons. The second kappa shape index (κ2) is 7.02. The van der Waals surface area contributed by atoms with Crippen LogP contribution in [0.4, 0.5) is 0 Å². The Morgan fingerprint density at radius 1 is 1.29 bits per heavy atom. The zero-order chi connectivity index (χ0) is 15.3. The second-order valence-corrected chi connectivity index (χ2v) is 6.86. The van der Waals surface area contributed by atoms with Crippen molar-refractivity contribution in [2.45, 2.75) is 30.2 Å². The number of likely N-dealkylation sites (tertiary alicyclic amines) is 1. The third-order valence-corrected chi connectivity index (χ3v) is 5.12. The van der Waals surface area contributed by atoms with Crippen molar-refractivity contribution >= 4 is 16.0 Å². The molecule has 7 heteroatoms. The van der Waals surface area contributed by atoms with Gasteiger partial charge in [-0.15, -0.1) is 0 Å². The average molecular weight is 312 g/mol. The molecule has 6 nitrogen and oxygen atoms in total. The molecule has 0 aromatic heterocycles. The monoisotopic (exact) mass is 312 g/mol. The van der Waals surface area contributed by atoms with Gasteiger partial charge in [0.2, 0.25) is 10.0 Å². The molecule has 0 aliphatic carbocycles. The fourth-order valence-corrected chi connectivity index (χ4v) is 3.59. The first-order chi connectivity index (χ1) is 10.0. The molecule has 1 heterocycles. The number of aliphatic carboxylic acids is 1. The Morgan fingerprint density at radius 3 is 2.67 bits per heavy atom. The van der Waals surface area contributed by atoms with E-state index in [4.69, 9.17) is 5.11 Å². The highest BCUT2D eigenvalue weighted by atomic mass is 32.2. The summed E-state index contributed by atoms with van der Waals surface area (Å²) < 4.78 is 26.6. The predicted molar refractivity (Wildman–Crippen MR) is 78.5 cm³/mol. The first-order valence-electron chi connectivity index (χ1n) is 7.02. The summed E-state index contributed by atoms with van der Waals surface area (Å²) in [5.74, 6) is -0.833. The molecule has 0 spiro atoms. The van der Waals surface area contributed by atoms with Gasteiger partial charge in [-0.05, 0) is 31.5 Å². The Labute approximate surface area is 124 Å². The Morgan fingerprint density at radius 2 is 2.00 bits per heavy atom. The van der Waals surface area contributed by atoms with Gasteiger partial charge < -0.3 is 5.11 Å². The molecule has 2 rings (SSSR count). The van der Waals surface area contributed by atoms with E-state index in [1.54, 1.807) is 18.2 Å². The van der Waals surface area contributed by atoms with Crippen molar-refractivity contribution in [1.29, 1.82) is 0 Å². The van der Waals surface area contributed by atoms with E-state index >= 15 is 0 Å². The minimum absolute atomic E-state index is 0.209. The lowest BCUT2D eigenvalue weighted by atomic mass is 10.0. The van der Waals surface area contributed by atoms with Crippen LogP contribution in [0.5, 0.6) is 0 Å². The van der Waals surface area contributed by atoms with Gasteiger partial charge in [-0.2, -0.15) is 0 Å². The summed E-state index contributed by atoms with van der Waals surface area (Å²) in [5.41, 5.74) is 0. The van der Waals surface area contributed by atoms with Crippen molar-refractivity contribution in [3.8, 4) is 0 Å². The molecule has 21 heavy (non-hydrogen) atoms. The maximum atomic E-state index is 12.0. The molecule has 1 fully saturated rings. The number of carboxylic acids is 1. The molecule has 0 saturated carbocycles. The molecular formula is C14H20N2O4S. The highest BCUT2D eigenvalue weighted by Gasteiger charge is 2.28. The van der Waals surface area contributed by atoms with Gasteiger partial charge in [-0.3, -0.25) is 9.69 Å². The third-order valence-electron chi connectivity index (χ3n) is 3.64. The number of piperidine rings is 1. The number of hydrogen-bond acceptors (Lipinski definition) is 4. The van der Waals surface area contributed by atoms with E-state index in [9.17, 15) is 13.2 Å². The van der Waals surface area contributed by atoms with Gasteiger partial charge in [0.05, 0.1) is 4.90 Å². The summed E-state index contributed by atoms with van der Waals surface area (Å²) in [4.78, 5) is 13.2. The summed E-state index contributed by atoms with van der Waals surface area (Å²) in [7, 11) is -3.52. The number of nitrogens with zero attached hydrogens (tertiary/aromatic N) is 1. The van der Waals surface area contributed by atoms with Crippen molar-refractivity contribution in [3.05, 3.63) is 30.3 Å². The van der Waals surface area contributed by atoms with E-state index in [-0.39, 0.29) is 11.4 Å². The summed E-state index contributed by atoms with van der Waals surface area (Å²) in [6.45, 7) is 1.31. The number of carboxylic acid groups (broad SMARTS) is 1. The van der Waals surface area contributed by atoms with Gasteiger partial charge in [0, 0.05) is 13.1 Å². The van der Waals surface area contributed by atoms with Crippen LogP contribution in [0.25, 0.3) is 0 Å². The Kier molecular flexibility index (Phi) is 5.33. The van der Waals surface area contributed by atoms with Crippen molar-refractivity contribution in [3.63, 3.8) is 0 Å². The minimum atomic E-state index is -3.52. The normalized spacial score (nSPS) is 20.3. The first-order valence-corrected chi connectivity index (χ1v) is 8.50. The lowest BCUT2D eigenvalue weighted by Gasteiger charge is -2.32. The molecule has 1 aliphatic heterocycles. The highest BCUT2D eigenvalue weighted by Crippen LogP contribution is 2.16. The topological polar surface area (TPSA) is 86.7 Å². The number of nitrogens with one attached hydrogen (secondary N) is 1. The van der Waals surface area contributed by atoms with Crippen LogP contribution in [-0.2, 0) is 14.8 Å². The van der Waals surface area contributed by atoms with Crippen molar-refractivity contribution < 1.29 is 18.3 Å². The molecule has 1 aromatic carbocycles. The Bertz CT molecular complexity index is 574. The van der Waals surface area contributed by atoms with Crippen LogP contribution in [-0.4, -0.2) is 50.1 Å². The van der Waals surface area contributed by atoms with Crippen LogP contribution in [0, 0.1) is 0 Å². The Balaban J connectivity index is 1.90. The van der Waals surface area contributed by atoms with Crippen LogP contribution in [0.2, 0.25) is 0 Å². The molecule has 1 unspecified atom stereocenters. The quantitative estimate of drug-likeness (QED) is 0.815. The van der Waals surface area contributed by atoms with Gasteiger partial charge >= 0.3 is 5.97 Å². The van der Waals surface area contributed by atoms with Crippen LogP contribution < -0.4 is 4.72 Å². The van der Waals surface area contributed by atoms with Gasteiger partial charge in [-0.1, -0.05) is 24.6 Å². The smallest absolute Gasteiger partial charge is 0.320 e. The summed E-state index contributed by atoms with van der Waals surface area (Å²) in [5, 5.41) is 9.17. The maximum Gasteiger partial charge on any atom is 0.320 e. The van der Waals surface area contributed by atoms with Gasteiger partial charge in [-0.25, -0.2) is 13.1 Å². The first kappa shape index (κ1) is 15.9. The molecule has 1 saturated heterocycles. The average Bonchev–Trinajstić information content (AvgIpc) is 2.48. The van der Waals surface area contributed by atoms with E-state index in [0.717, 1.165) is 12.8 Å². The lowest BCUT2D eigenvalue weighted by Crippen LogP contribution is -2.47. The summed E-state index contributed by atoms with van der Waals surface area (Å²) in [6.07, 6.45) is 2.49. The molecule has 1 atom stereocenters. The molecule has 2 N–H and O–H groups in total. The van der Waals surface area contributed by atoms with E-state index in [1.807, 2.05) is 4.90 Å². The molecule has 1 aromatic rings. The predicted octanol–water partition coefficient (Wildman–Crippen LogP) is 0.904. The third kappa shape index (κ3) is 4.26. The molecule has 1 aliphatic rings. The van der Waals surface area contributed by atoms with E-state index in [0.29, 0.717) is 19.5 Å². The number of sulfonamides is 1.